The lowest BCUT2D eigenvalue weighted by Gasteiger charge is -2.25. The van der Waals surface area contributed by atoms with Gasteiger partial charge in [0.05, 0.1) is 6.10 Å². The molecule has 2 N–H and O–H groups in total. The second-order valence-electron chi connectivity index (χ2n) is 6.44. The molecule has 2 aliphatic rings. The first kappa shape index (κ1) is 14.3. The van der Waals surface area contributed by atoms with Crippen molar-refractivity contribution in [3.63, 3.8) is 0 Å². The Hall–Kier alpha value is -0.120. The summed E-state index contributed by atoms with van der Waals surface area (Å²) < 4.78 is 0. The molecule has 0 saturated heterocycles. The zero-order valence-corrected chi connectivity index (χ0v) is 12.1. The third kappa shape index (κ3) is 4.52. The first-order chi connectivity index (χ1) is 8.66. The number of rotatable bonds is 8. The molecule has 0 radical (unpaired) electrons. The van der Waals surface area contributed by atoms with Crippen LogP contribution in [0.3, 0.4) is 0 Å². The van der Waals surface area contributed by atoms with Crippen LogP contribution in [-0.2, 0) is 0 Å². The average Bonchev–Trinajstić information content (AvgIpc) is 3.07. The molecule has 0 aromatic heterocycles. The Labute approximate surface area is 112 Å². The molecule has 2 aliphatic carbocycles. The van der Waals surface area contributed by atoms with Gasteiger partial charge in [-0.25, -0.2) is 0 Å². The molecule has 0 aliphatic heterocycles. The van der Waals surface area contributed by atoms with E-state index >= 15 is 0 Å². The first-order valence-corrected chi connectivity index (χ1v) is 7.77. The molecular formula is C15H30N2O. The fourth-order valence-electron chi connectivity index (χ4n) is 3.16. The highest BCUT2D eigenvalue weighted by Crippen LogP contribution is 2.28. The second kappa shape index (κ2) is 6.88. The van der Waals surface area contributed by atoms with Gasteiger partial charge in [-0.15, -0.1) is 0 Å². The number of hydrogen-bond donors (Lipinski definition) is 2. The van der Waals surface area contributed by atoms with Crippen LogP contribution in [0.5, 0.6) is 0 Å². The predicted molar refractivity (Wildman–Crippen MR) is 75.7 cm³/mol. The van der Waals surface area contributed by atoms with E-state index in [2.05, 4.69) is 24.2 Å². The molecule has 0 bridgehead atoms. The summed E-state index contributed by atoms with van der Waals surface area (Å²) >= 11 is 0. The Balaban J connectivity index is 1.53. The second-order valence-corrected chi connectivity index (χ2v) is 6.44. The molecule has 0 spiro atoms. The molecule has 0 aromatic carbocycles. The standard InChI is InChI=1S/C15H30N2O/c1-12(17(2)14-7-8-14)10-16-11-15(18)9-13-5-3-4-6-13/h12-16,18H,3-11H2,1-2H3. The van der Waals surface area contributed by atoms with Gasteiger partial charge in [-0.05, 0) is 39.2 Å². The molecule has 2 saturated carbocycles. The Morgan fingerprint density at radius 1 is 1.17 bits per heavy atom. The van der Waals surface area contributed by atoms with Gasteiger partial charge in [0.25, 0.3) is 0 Å². The number of aliphatic hydroxyl groups excluding tert-OH is 1. The predicted octanol–water partition coefficient (Wildman–Crippen LogP) is 2.00. The third-order valence-corrected chi connectivity index (χ3v) is 4.72. The molecule has 106 valence electrons. The van der Waals surface area contributed by atoms with Gasteiger partial charge in [0, 0.05) is 25.2 Å². The lowest BCUT2D eigenvalue weighted by molar-refractivity contribution is 0.136. The Kier molecular flexibility index (Phi) is 5.46. The minimum atomic E-state index is -0.147. The van der Waals surface area contributed by atoms with E-state index < -0.39 is 0 Å². The quantitative estimate of drug-likeness (QED) is 0.695. The van der Waals surface area contributed by atoms with Gasteiger partial charge in [0.1, 0.15) is 0 Å². The molecular weight excluding hydrogens is 224 g/mol. The number of likely N-dealkylation sites (N-methyl/N-ethyl adjacent to an activating group) is 1. The zero-order chi connectivity index (χ0) is 13.0. The minimum Gasteiger partial charge on any atom is -0.392 e. The van der Waals surface area contributed by atoms with Crippen LogP contribution in [0.1, 0.15) is 51.9 Å². The van der Waals surface area contributed by atoms with Gasteiger partial charge < -0.3 is 10.4 Å². The first-order valence-electron chi connectivity index (χ1n) is 7.77. The summed E-state index contributed by atoms with van der Waals surface area (Å²) in [6.07, 6.45) is 8.99. The molecule has 2 rings (SSSR count). The van der Waals surface area contributed by atoms with Gasteiger partial charge >= 0.3 is 0 Å². The largest absolute Gasteiger partial charge is 0.392 e. The average molecular weight is 254 g/mol. The maximum atomic E-state index is 10.0. The van der Waals surface area contributed by atoms with E-state index in [4.69, 9.17) is 0 Å². The fraction of sp³-hybridized carbons (Fsp3) is 1.00. The van der Waals surface area contributed by atoms with Crippen LogP contribution < -0.4 is 5.32 Å². The van der Waals surface area contributed by atoms with Crippen LogP contribution in [0.4, 0.5) is 0 Å². The van der Waals surface area contributed by atoms with Gasteiger partial charge in [-0.3, -0.25) is 4.90 Å². The Morgan fingerprint density at radius 3 is 2.44 bits per heavy atom. The van der Waals surface area contributed by atoms with Crippen LogP contribution in [0.25, 0.3) is 0 Å². The summed E-state index contributed by atoms with van der Waals surface area (Å²) in [6.45, 7) is 4.03. The van der Waals surface area contributed by atoms with E-state index in [0.717, 1.165) is 31.5 Å². The van der Waals surface area contributed by atoms with Crippen molar-refractivity contribution in [1.29, 1.82) is 0 Å². The molecule has 2 unspecified atom stereocenters. The third-order valence-electron chi connectivity index (χ3n) is 4.72. The van der Waals surface area contributed by atoms with Gasteiger partial charge in [-0.1, -0.05) is 25.7 Å². The van der Waals surface area contributed by atoms with Crippen LogP contribution in [-0.4, -0.2) is 48.3 Å². The Morgan fingerprint density at radius 2 is 1.83 bits per heavy atom. The molecule has 2 atom stereocenters. The van der Waals surface area contributed by atoms with Crippen molar-refractivity contribution in [2.75, 3.05) is 20.1 Å². The number of aliphatic hydroxyl groups is 1. The Bertz CT molecular complexity index is 237. The molecule has 0 amide bonds. The topological polar surface area (TPSA) is 35.5 Å². The van der Waals surface area contributed by atoms with Crippen molar-refractivity contribution in [3.8, 4) is 0 Å². The van der Waals surface area contributed by atoms with Gasteiger partial charge in [0.15, 0.2) is 0 Å². The molecule has 2 fully saturated rings. The smallest absolute Gasteiger partial charge is 0.0667 e. The number of hydrogen-bond acceptors (Lipinski definition) is 3. The maximum absolute atomic E-state index is 10.0. The van der Waals surface area contributed by atoms with Crippen molar-refractivity contribution in [1.82, 2.24) is 10.2 Å². The zero-order valence-electron chi connectivity index (χ0n) is 12.1. The highest BCUT2D eigenvalue weighted by atomic mass is 16.3. The van der Waals surface area contributed by atoms with Crippen molar-refractivity contribution in [2.45, 2.75) is 70.1 Å². The maximum Gasteiger partial charge on any atom is 0.0667 e. The molecule has 18 heavy (non-hydrogen) atoms. The molecule has 0 aromatic rings. The van der Waals surface area contributed by atoms with Crippen LogP contribution in [0.2, 0.25) is 0 Å². The molecule has 0 heterocycles. The summed E-state index contributed by atoms with van der Waals surface area (Å²) in [6, 6.07) is 1.40. The molecule has 3 heteroatoms. The summed E-state index contributed by atoms with van der Waals surface area (Å²) in [5, 5.41) is 13.4. The van der Waals surface area contributed by atoms with Crippen molar-refractivity contribution in [2.24, 2.45) is 5.92 Å². The summed E-state index contributed by atoms with van der Waals surface area (Å²) in [5.74, 6) is 0.786. The van der Waals surface area contributed by atoms with E-state index in [1.54, 1.807) is 0 Å². The number of nitrogens with zero attached hydrogens (tertiary/aromatic N) is 1. The highest BCUT2D eigenvalue weighted by Gasteiger charge is 2.28. The van der Waals surface area contributed by atoms with E-state index in [9.17, 15) is 5.11 Å². The minimum absolute atomic E-state index is 0.147. The van der Waals surface area contributed by atoms with Gasteiger partial charge in [-0.2, -0.15) is 0 Å². The lowest BCUT2D eigenvalue weighted by atomic mass is 10.00. The van der Waals surface area contributed by atoms with Crippen LogP contribution >= 0.6 is 0 Å². The fourth-order valence-corrected chi connectivity index (χ4v) is 3.16. The van der Waals surface area contributed by atoms with E-state index in [0.29, 0.717) is 6.04 Å². The van der Waals surface area contributed by atoms with Crippen molar-refractivity contribution < 1.29 is 5.11 Å². The summed E-state index contributed by atoms with van der Waals surface area (Å²) in [5.41, 5.74) is 0. The summed E-state index contributed by atoms with van der Waals surface area (Å²) in [7, 11) is 2.22. The van der Waals surface area contributed by atoms with Crippen molar-refractivity contribution in [3.05, 3.63) is 0 Å². The molecule has 3 nitrogen and oxygen atoms in total. The monoisotopic (exact) mass is 254 g/mol. The summed E-state index contributed by atoms with van der Waals surface area (Å²) in [4.78, 5) is 2.47. The van der Waals surface area contributed by atoms with E-state index in [1.165, 1.54) is 38.5 Å². The lowest BCUT2D eigenvalue weighted by Crippen LogP contribution is -2.41. The van der Waals surface area contributed by atoms with Gasteiger partial charge in [0.2, 0.25) is 0 Å². The SMILES string of the molecule is CC(CNCC(O)CC1CCCC1)N(C)C1CC1. The van der Waals surface area contributed by atoms with Crippen LogP contribution in [0, 0.1) is 5.92 Å². The van der Waals surface area contributed by atoms with E-state index in [1.807, 2.05) is 0 Å². The highest BCUT2D eigenvalue weighted by molar-refractivity contribution is 4.86. The number of nitrogens with one attached hydrogen (secondary N) is 1. The normalized spacial score (nSPS) is 24.7. The van der Waals surface area contributed by atoms with Crippen LogP contribution in [0.15, 0.2) is 0 Å². The van der Waals surface area contributed by atoms with E-state index in [-0.39, 0.29) is 6.10 Å². The van der Waals surface area contributed by atoms with Crippen molar-refractivity contribution >= 4 is 0 Å².